The van der Waals surface area contributed by atoms with Crippen LogP contribution in [0.1, 0.15) is 19.8 Å². The molecule has 3 rings (SSSR count). The third-order valence-electron chi connectivity index (χ3n) is 4.83. The molecule has 2 N–H and O–H groups in total. The van der Waals surface area contributed by atoms with Gasteiger partial charge in [-0.3, -0.25) is 4.90 Å². The molecule has 1 aliphatic rings. The first kappa shape index (κ1) is 17.7. The van der Waals surface area contributed by atoms with Crippen LogP contribution in [-0.2, 0) is 4.74 Å². The summed E-state index contributed by atoms with van der Waals surface area (Å²) in [5, 5.41) is 4.15. The largest absolute Gasteiger partial charge is 0.399 e. The highest BCUT2D eigenvalue weighted by atomic mass is 16.5. The molecule has 1 aromatic carbocycles. The van der Waals surface area contributed by atoms with Gasteiger partial charge in [0.1, 0.15) is 0 Å². The number of hydrogen-bond donors (Lipinski definition) is 1. The van der Waals surface area contributed by atoms with Crippen molar-refractivity contribution in [2.75, 3.05) is 50.5 Å². The lowest BCUT2D eigenvalue weighted by Gasteiger charge is -2.37. The number of hydrogen-bond acceptors (Lipinski definition) is 7. The molecule has 1 saturated heterocycles. The van der Waals surface area contributed by atoms with Crippen molar-refractivity contribution >= 4 is 11.6 Å². The third-order valence-corrected chi connectivity index (χ3v) is 4.83. The Hall–Kier alpha value is -2.12. The van der Waals surface area contributed by atoms with Gasteiger partial charge in [0.05, 0.1) is 6.61 Å². The van der Waals surface area contributed by atoms with Crippen LogP contribution in [0.5, 0.6) is 0 Å². The second-order valence-electron chi connectivity index (χ2n) is 6.36. The molecule has 0 amide bonds. The summed E-state index contributed by atoms with van der Waals surface area (Å²) in [5.41, 5.74) is 7.33. The SMILES string of the molecule is CCN(CCOC)C1CCN(c2noc(-c3ccc(N)cc3)n2)CC1. The standard InChI is InChI=1S/C18H27N5O2/c1-3-22(12-13-24-2)16-8-10-23(11-9-16)18-20-17(25-21-18)14-4-6-15(19)7-5-14/h4-7,16H,3,8-13,19H2,1-2H3. The summed E-state index contributed by atoms with van der Waals surface area (Å²) >= 11 is 0. The van der Waals surface area contributed by atoms with Crippen LogP contribution in [0.15, 0.2) is 28.8 Å². The molecule has 1 aliphatic heterocycles. The number of likely N-dealkylation sites (N-methyl/N-ethyl adjacent to an activating group) is 1. The van der Waals surface area contributed by atoms with Gasteiger partial charge in [-0.25, -0.2) is 0 Å². The molecule has 7 heteroatoms. The summed E-state index contributed by atoms with van der Waals surface area (Å²) in [6.45, 7) is 6.91. The van der Waals surface area contributed by atoms with Crippen LogP contribution in [-0.4, -0.2) is 61.0 Å². The number of nitrogen functional groups attached to an aromatic ring is 1. The van der Waals surface area contributed by atoms with Crippen molar-refractivity contribution in [1.82, 2.24) is 15.0 Å². The Morgan fingerprint density at radius 3 is 2.64 bits per heavy atom. The zero-order valence-corrected chi connectivity index (χ0v) is 15.0. The van der Waals surface area contributed by atoms with E-state index in [0.29, 0.717) is 17.9 Å². The Bertz CT molecular complexity index is 650. The van der Waals surface area contributed by atoms with E-state index in [2.05, 4.69) is 26.9 Å². The number of nitrogens with two attached hydrogens (primary N) is 1. The zero-order valence-electron chi connectivity index (χ0n) is 15.0. The summed E-state index contributed by atoms with van der Waals surface area (Å²) in [6.07, 6.45) is 2.20. The van der Waals surface area contributed by atoms with E-state index in [9.17, 15) is 0 Å². The van der Waals surface area contributed by atoms with Gasteiger partial charge in [-0.1, -0.05) is 6.92 Å². The van der Waals surface area contributed by atoms with Gasteiger partial charge in [-0.2, -0.15) is 4.98 Å². The molecule has 25 heavy (non-hydrogen) atoms. The molecule has 0 radical (unpaired) electrons. The highest BCUT2D eigenvalue weighted by Crippen LogP contribution is 2.24. The van der Waals surface area contributed by atoms with Gasteiger partial charge in [-0.05, 0) is 48.8 Å². The Balaban J connectivity index is 1.59. The average molecular weight is 345 g/mol. The van der Waals surface area contributed by atoms with E-state index < -0.39 is 0 Å². The molecule has 0 atom stereocenters. The summed E-state index contributed by atoms with van der Waals surface area (Å²) in [4.78, 5) is 9.24. The van der Waals surface area contributed by atoms with Crippen molar-refractivity contribution in [2.45, 2.75) is 25.8 Å². The summed E-state index contributed by atoms with van der Waals surface area (Å²) in [5.74, 6) is 1.21. The number of benzene rings is 1. The summed E-state index contributed by atoms with van der Waals surface area (Å²) < 4.78 is 10.6. The number of nitrogens with zero attached hydrogens (tertiary/aromatic N) is 4. The van der Waals surface area contributed by atoms with Crippen molar-refractivity contribution in [1.29, 1.82) is 0 Å². The second kappa shape index (κ2) is 8.31. The first-order valence-corrected chi connectivity index (χ1v) is 8.88. The fraction of sp³-hybridized carbons (Fsp3) is 0.556. The number of rotatable bonds is 7. The van der Waals surface area contributed by atoms with E-state index in [1.807, 2.05) is 24.3 Å². The van der Waals surface area contributed by atoms with E-state index in [-0.39, 0.29) is 0 Å². The van der Waals surface area contributed by atoms with Crippen LogP contribution in [0.2, 0.25) is 0 Å². The van der Waals surface area contributed by atoms with Crippen molar-refractivity contribution in [2.24, 2.45) is 0 Å². The van der Waals surface area contributed by atoms with Gasteiger partial charge in [0.25, 0.3) is 11.8 Å². The maximum atomic E-state index is 5.72. The highest BCUT2D eigenvalue weighted by Gasteiger charge is 2.26. The maximum Gasteiger partial charge on any atom is 0.266 e. The van der Waals surface area contributed by atoms with Gasteiger partial charge in [0, 0.05) is 44.0 Å². The van der Waals surface area contributed by atoms with E-state index in [1.165, 1.54) is 0 Å². The lowest BCUT2D eigenvalue weighted by molar-refractivity contribution is 0.112. The van der Waals surface area contributed by atoms with Gasteiger partial charge < -0.3 is 19.9 Å². The van der Waals surface area contributed by atoms with Crippen LogP contribution < -0.4 is 10.6 Å². The van der Waals surface area contributed by atoms with E-state index in [4.69, 9.17) is 15.0 Å². The van der Waals surface area contributed by atoms with E-state index in [0.717, 1.165) is 56.9 Å². The van der Waals surface area contributed by atoms with E-state index in [1.54, 1.807) is 7.11 Å². The zero-order chi connectivity index (χ0) is 17.6. The predicted octanol–water partition coefficient (Wildman–Crippen LogP) is 2.26. The number of methoxy groups -OCH3 is 1. The maximum absolute atomic E-state index is 5.72. The molecule has 0 aliphatic carbocycles. The monoisotopic (exact) mass is 345 g/mol. The van der Waals surface area contributed by atoms with Crippen molar-refractivity contribution in [3.63, 3.8) is 0 Å². The Labute approximate surface area is 148 Å². The number of ether oxygens (including phenoxy) is 1. The Morgan fingerprint density at radius 1 is 1.28 bits per heavy atom. The van der Waals surface area contributed by atoms with Crippen molar-refractivity contribution in [3.8, 4) is 11.5 Å². The molecule has 2 heterocycles. The summed E-state index contributed by atoms with van der Waals surface area (Å²) in [6, 6.07) is 8.07. The molecule has 7 nitrogen and oxygen atoms in total. The topological polar surface area (TPSA) is 80.7 Å². The molecule has 0 unspecified atom stereocenters. The number of anilines is 2. The quantitative estimate of drug-likeness (QED) is 0.771. The second-order valence-corrected chi connectivity index (χ2v) is 6.36. The minimum absolute atomic E-state index is 0.535. The molecule has 1 fully saturated rings. The van der Waals surface area contributed by atoms with Gasteiger partial charge in [-0.15, -0.1) is 0 Å². The molecule has 1 aromatic heterocycles. The minimum atomic E-state index is 0.535. The van der Waals surface area contributed by atoms with Crippen molar-refractivity contribution in [3.05, 3.63) is 24.3 Å². The molecule has 0 spiro atoms. The highest BCUT2D eigenvalue weighted by molar-refractivity contribution is 5.58. The molecular weight excluding hydrogens is 318 g/mol. The molecular formula is C18H27N5O2. The minimum Gasteiger partial charge on any atom is -0.399 e. The lowest BCUT2D eigenvalue weighted by atomic mass is 10.0. The molecule has 0 saturated carbocycles. The summed E-state index contributed by atoms with van der Waals surface area (Å²) in [7, 11) is 1.76. The van der Waals surface area contributed by atoms with Gasteiger partial charge >= 0.3 is 0 Å². The van der Waals surface area contributed by atoms with Gasteiger partial charge in [0.2, 0.25) is 0 Å². The molecule has 0 bridgehead atoms. The number of aromatic nitrogens is 2. The normalized spacial score (nSPS) is 15.9. The van der Waals surface area contributed by atoms with Gasteiger partial charge in [0.15, 0.2) is 0 Å². The lowest BCUT2D eigenvalue weighted by Crippen LogP contribution is -2.46. The van der Waals surface area contributed by atoms with Crippen LogP contribution in [0, 0.1) is 0 Å². The van der Waals surface area contributed by atoms with Crippen LogP contribution in [0.3, 0.4) is 0 Å². The fourth-order valence-corrected chi connectivity index (χ4v) is 3.33. The predicted molar refractivity (Wildman–Crippen MR) is 98.5 cm³/mol. The van der Waals surface area contributed by atoms with E-state index >= 15 is 0 Å². The van der Waals surface area contributed by atoms with Crippen LogP contribution in [0.25, 0.3) is 11.5 Å². The van der Waals surface area contributed by atoms with Crippen LogP contribution in [0.4, 0.5) is 11.6 Å². The Kier molecular flexibility index (Phi) is 5.88. The van der Waals surface area contributed by atoms with Crippen molar-refractivity contribution < 1.29 is 9.26 Å². The average Bonchev–Trinajstić information content (AvgIpc) is 3.13. The fourth-order valence-electron chi connectivity index (χ4n) is 3.33. The first-order chi connectivity index (χ1) is 12.2. The number of piperidine rings is 1. The Morgan fingerprint density at radius 2 is 2.00 bits per heavy atom. The van der Waals surface area contributed by atoms with Crippen LogP contribution >= 0.6 is 0 Å². The smallest absolute Gasteiger partial charge is 0.266 e. The molecule has 136 valence electrons. The first-order valence-electron chi connectivity index (χ1n) is 8.88. The third kappa shape index (κ3) is 4.29. The molecule has 2 aromatic rings.